The van der Waals surface area contributed by atoms with Crippen molar-refractivity contribution in [2.75, 3.05) is 11.9 Å². The molecule has 0 saturated heterocycles. The summed E-state index contributed by atoms with van der Waals surface area (Å²) in [6.45, 7) is 5.94. The number of rotatable bonds is 5. The topological polar surface area (TPSA) is 38.3 Å². The summed E-state index contributed by atoms with van der Waals surface area (Å²) in [6, 6.07) is 10.8. The molecular weight excluding hydrogens is 319 g/mol. The van der Waals surface area contributed by atoms with E-state index in [1.807, 2.05) is 6.92 Å². The standard InChI is InChI=1S/C18H16F3NO2/c1-12(2)11-24-16-8-6-15(7-9-16)22-17(23)13-4-3-5-14(10-13)18(19,20)21/h3-10H,1,11H2,2H3,(H,22,23). The molecule has 0 aliphatic rings. The highest BCUT2D eigenvalue weighted by Crippen LogP contribution is 2.29. The zero-order valence-electron chi connectivity index (χ0n) is 13.0. The molecule has 1 N–H and O–H groups in total. The summed E-state index contributed by atoms with van der Waals surface area (Å²) in [5.74, 6) is -0.00762. The van der Waals surface area contributed by atoms with E-state index in [-0.39, 0.29) is 5.56 Å². The fraction of sp³-hybridized carbons (Fsp3) is 0.167. The van der Waals surface area contributed by atoms with E-state index in [0.29, 0.717) is 18.0 Å². The number of carbonyl (C=O) groups is 1. The Morgan fingerprint density at radius 3 is 2.42 bits per heavy atom. The fourth-order valence-corrected chi connectivity index (χ4v) is 1.88. The number of benzene rings is 2. The highest BCUT2D eigenvalue weighted by molar-refractivity contribution is 6.04. The van der Waals surface area contributed by atoms with Gasteiger partial charge in [0.05, 0.1) is 5.56 Å². The predicted octanol–water partition coefficient (Wildman–Crippen LogP) is 4.91. The molecule has 24 heavy (non-hydrogen) atoms. The number of hydrogen-bond donors (Lipinski definition) is 1. The van der Waals surface area contributed by atoms with Crippen LogP contribution in [0.5, 0.6) is 5.75 Å². The first kappa shape index (κ1) is 17.6. The molecule has 1 amide bonds. The molecule has 0 aliphatic heterocycles. The van der Waals surface area contributed by atoms with Gasteiger partial charge in [0.15, 0.2) is 0 Å². The number of alkyl halides is 3. The number of halogens is 3. The zero-order chi connectivity index (χ0) is 17.7. The van der Waals surface area contributed by atoms with Crippen LogP contribution in [-0.2, 0) is 6.18 Å². The van der Waals surface area contributed by atoms with Crippen LogP contribution in [0.25, 0.3) is 0 Å². The molecule has 2 aromatic carbocycles. The third kappa shape index (κ3) is 4.87. The summed E-state index contributed by atoms with van der Waals surface area (Å²) in [4.78, 5) is 12.1. The van der Waals surface area contributed by atoms with Crippen molar-refractivity contribution in [3.05, 3.63) is 71.8 Å². The largest absolute Gasteiger partial charge is 0.489 e. The maximum atomic E-state index is 12.7. The molecule has 2 aromatic rings. The lowest BCUT2D eigenvalue weighted by Crippen LogP contribution is -2.13. The third-order valence-corrected chi connectivity index (χ3v) is 3.05. The SMILES string of the molecule is C=C(C)COc1ccc(NC(=O)c2cccc(C(F)(F)F)c2)cc1. The van der Waals surface area contributed by atoms with Gasteiger partial charge in [-0.25, -0.2) is 0 Å². The van der Waals surface area contributed by atoms with Crippen LogP contribution in [0, 0.1) is 0 Å². The first-order chi connectivity index (χ1) is 11.3. The predicted molar refractivity (Wildman–Crippen MR) is 86.1 cm³/mol. The fourth-order valence-electron chi connectivity index (χ4n) is 1.88. The highest BCUT2D eigenvalue weighted by atomic mass is 19.4. The van der Waals surface area contributed by atoms with Crippen LogP contribution in [0.15, 0.2) is 60.7 Å². The van der Waals surface area contributed by atoms with Crippen molar-refractivity contribution in [3.8, 4) is 5.75 Å². The number of hydrogen-bond acceptors (Lipinski definition) is 2. The Kier molecular flexibility index (Phi) is 5.28. The van der Waals surface area contributed by atoms with E-state index in [4.69, 9.17) is 4.74 Å². The normalized spacial score (nSPS) is 11.0. The summed E-state index contributed by atoms with van der Waals surface area (Å²) >= 11 is 0. The molecule has 3 nitrogen and oxygen atoms in total. The molecular formula is C18H16F3NO2. The van der Waals surface area contributed by atoms with Gasteiger partial charge in [0.1, 0.15) is 12.4 Å². The molecule has 6 heteroatoms. The van der Waals surface area contributed by atoms with Crippen molar-refractivity contribution in [3.63, 3.8) is 0 Å². The zero-order valence-corrected chi connectivity index (χ0v) is 13.0. The molecule has 0 fully saturated rings. The monoisotopic (exact) mass is 335 g/mol. The second kappa shape index (κ2) is 7.21. The molecule has 0 aliphatic carbocycles. The minimum atomic E-state index is -4.49. The van der Waals surface area contributed by atoms with Crippen LogP contribution in [0.4, 0.5) is 18.9 Å². The van der Waals surface area contributed by atoms with Crippen molar-refractivity contribution in [2.24, 2.45) is 0 Å². The van der Waals surface area contributed by atoms with E-state index < -0.39 is 17.6 Å². The van der Waals surface area contributed by atoms with E-state index >= 15 is 0 Å². The van der Waals surface area contributed by atoms with E-state index in [1.165, 1.54) is 12.1 Å². The highest BCUT2D eigenvalue weighted by Gasteiger charge is 2.30. The van der Waals surface area contributed by atoms with E-state index in [9.17, 15) is 18.0 Å². The molecule has 2 rings (SSSR count). The molecule has 0 saturated carbocycles. The minimum Gasteiger partial charge on any atom is -0.489 e. The molecule has 0 bridgehead atoms. The molecule has 0 unspecified atom stereocenters. The Hall–Kier alpha value is -2.76. The van der Waals surface area contributed by atoms with Crippen LogP contribution < -0.4 is 10.1 Å². The van der Waals surface area contributed by atoms with Crippen molar-refractivity contribution in [1.82, 2.24) is 0 Å². The smallest absolute Gasteiger partial charge is 0.416 e. The van der Waals surface area contributed by atoms with Gasteiger partial charge in [0.25, 0.3) is 5.91 Å². The van der Waals surface area contributed by atoms with Crippen LogP contribution in [0.2, 0.25) is 0 Å². The van der Waals surface area contributed by atoms with Crippen LogP contribution in [0.1, 0.15) is 22.8 Å². The van der Waals surface area contributed by atoms with Gasteiger partial charge in [0, 0.05) is 11.3 Å². The Morgan fingerprint density at radius 1 is 1.17 bits per heavy atom. The summed E-state index contributed by atoms with van der Waals surface area (Å²) < 4.78 is 43.5. The number of anilines is 1. The van der Waals surface area contributed by atoms with Gasteiger partial charge in [-0.2, -0.15) is 13.2 Å². The summed E-state index contributed by atoms with van der Waals surface area (Å²) in [6.07, 6.45) is -4.49. The summed E-state index contributed by atoms with van der Waals surface area (Å²) in [5.41, 5.74) is 0.406. The van der Waals surface area contributed by atoms with Gasteiger partial charge in [-0.05, 0) is 55.0 Å². The van der Waals surface area contributed by atoms with Gasteiger partial charge in [-0.3, -0.25) is 4.79 Å². The van der Waals surface area contributed by atoms with Crippen LogP contribution in [-0.4, -0.2) is 12.5 Å². The molecule has 0 spiro atoms. The van der Waals surface area contributed by atoms with Crippen molar-refractivity contribution >= 4 is 11.6 Å². The number of nitrogens with one attached hydrogen (secondary N) is 1. The Labute approximate surface area is 137 Å². The van der Waals surface area contributed by atoms with Crippen LogP contribution in [0.3, 0.4) is 0 Å². The lowest BCUT2D eigenvalue weighted by Gasteiger charge is -2.10. The minimum absolute atomic E-state index is 0.0626. The summed E-state index contributed by atoms with van der Waals surface area (Å²) in [5, 5.41) is 2.55. The second-order valence-electron chi connectivity index (χ2n) is 5.30. The first-order valence-corrected chi connectivity index (χ1v) is 7.11. The quantitative estimate of drug-likeness (QED) is 0.788. The summed E-state index contributed by atoms with van der Waals surface area (Å²) in [7, 11) is 0. The van der Waals surface area contributed by atoms with Gasteiger partial charge in [-0.15, -0.1) is 0 Å². The Balaban J connectivity index is 2.06. The number of amides is 1. The molecule has 126 valence electrons. The van der Waals surface area contributed by atoms with Gasteiger partial charge in [-0.1, -0.05) is 12.6 Å². The van der Waals surface area contributed by atoms with Crippen LogP contribution >= 0.6 is 0 Å². The van der Waals surface area contributed by atoms with Gasteiger partial charge >= 0.3 is 6.18 Å². The molecule has 0 heterocycles. The average molecular weight is 335 g/mol. The third-order valence-electron chi connectivity index (χ3n) is 3.05. The maximum absolute atomic E-state index is 12.7. The molecule has 0 aromatic heterocycles. The van der Waals surface area contributed by atoms with Gasteiger partial charge < -0.3 is 10.1 Å². The number of ether oxygens (including phenoxy) is 1. The first-order valence-electron chi connectivity index (χ1n) is 7.11. The maximum Gasteiger partial charge on any atom is 0.416 e. The van der Waals surface area contributed by atoms with Gasteiger partial charge in [0.2, 0.25) is 0 Å². The molecule has 0 atom stereocenters. The van der Waals surface area contributed by atoms with Crippen molar-refractivity contribution in [1.29, 1.82) is 0 Å². The Bertz CT molecular complexity index is 737. The van der Waals surface area contributed by atoms with E-state index in [0.717, 1.165) is 17.7 Å². The number of carbonyl (C=O) groups excluding carboxylic acids is 1. The van der Waals surface area contributed by atoms with E-state index in [1.54, 1.807) is 24.3 Å². The van der Waals surface area contributed by atoms with Crippen molar-refractivity contribution in [2.45, 2.75) is 13.1 Å². The van der Waals surface area contributed by atoms with Crippen molar-refractivity contribution < 1.29 is 22.7 Å². The van der Waals surface area contributed by atoms with E-state index in [2.05, 4.69) is 11.9 Å². The molecule has 0 radical (unpaired) electrons. The average Bonchev–Trinajstić information content (AvgIpc) is 2.53. The second-order valence-corrected chi connectivity index (χ2v) is 5.30. The lowest BCUT2D eigenvalue weighted by molar-refractivity contribution is -0.137. The Morgan fingerprint density at radius 2 is 1.83 bits per heavy atom. The lowest BCUT2D eigenvalue weighted by atomic mass is 10.1.